The van der Waals surface area contributed by atoms with Crippen LogP contribution in [0.3, 0.4) is 0 Å². The third kappa shape index (κ3) is 4.97. The molecule has 0 bridgehead atoms. The van der Waals surface area contributed by atoms with Gasteiger partial charge in [0.2, 0.25) is 0 Å². The number of thiocarbonyl (C=S) groups is 1. The van der Waals surface area contributed by atoms with Crippen LogP contribution < -0.4 is 11.1 Å². The maximum Gasteiger partial charge on any atom is 0.134 e. The maximum absolute atomic E-state index is 5.81. The van der Waals surface area contributed by atoms with Crippen LogP contribution in [0.1, 0.15) is 44.9 Å². The van der Waals surface area contributed by atoms with Crippen LogP contribution in [-0.2, 0) is 7.05 Å². The van der Waals surface area contributed by atoms with Gasteiger partial charge in [-0.15, -0.1) is 0 Å². The van der Waals surface area contributed by atoms with Crippen molar-refractivity contribution in [1.29, 1.82) is 0 Å². The fourth-order valence-corrected chi connectivity index (χ4v) is 2.83. The molecule has 1 aromatic heterocycles. The van der Waals surface area contributed by atoms with Gasteiger partial charge in [0, 0.05) is 13.1 Å². The molecule has 5 nitrogen and oxygen atoms in total. The highest BCUT2D eigenvalue weighted by Gasteiger charge is 2.17. The van der Waals surface area contributed by atoms with E-state index >= 15 is 0 Å². The lowest BCUT2D eigenvalue weighted by molar-refractivity contribution is 0.295. The van der Waals surface area contributed by atoms with E-state index in [0.717, 1.165) is 43.1 Å². The maximum atomic E-state index is 5.81. The smallest absolute Gasteiger partial charge is 0.134 e. The molecular formula is C15H29N5S. The third-order valence-corrected chi connectivity index (χ3v) is 4.06. The average molecular weight is 311 g/mol. The predicted molar refractivity (Wildman–Crippen MR) is 93.9 cm³/mol. The molecule has 0 fully saturated rings. The molecule has 0 radical (unpaired) electrons. The van der Waals surface area contributed by atoms with Gasteiger partial charge in [-0.05, 0) is 46.3 Å². The molecule has 0 saturated heterocycles. The second-order valence-corrected chi connectivity index (χ2v) is 5.95. The zero-order chi connectivity index (χ0) is 16.0. The number of hydrogen-bond donors (Lipinski definition) is 2. The van der Waals surface area contributed by atoms with Gasteiger partial charge in [-0.2, -0.15) is 5.10 Å². The normalized spacial score (nSPS) is 12.7. The van der Waals surface area contributed by atoms with Crippen molar-refractivity contribution in [2.75, 3.05) is 25.0 Å². The monoisotopic (exact) mass is 311 g/mol. The highest BCUT2D eigenvalue weighted by Crippen LogP contribution is 2.20. The van der Waals surface area contributed by atoms with Gasteiger partial charge in [-0.3, -0.25) is 4.68 Å². The molecule has 1 rings (SSSR count). The third-order valence-electron chi connectivity index (χ3n) is 3.86. The van der Waals surface area contributed by atoms with Gasteiger partial charge in [0.05, 0.1) is 11.3 Å². The number of hydrogen-bond acceptors (Lipinski definition) is 4. The average Bonchev–Trinajstić information content (AvgIpc) is 2.69. The zero-order valence-corrected chi connectivity index (χ0v) is 14.8. The molecule has 0 aliphatic carbocycles. The first-order valence-electron chi connectivity index (χ1n) is 7.72. The van der Waals surface area contributed by atoms with E-state index < -0.39 is 0 Å². The minimum Gasteiger partial charge on any atom is -0.389 e. The number of rotatable bonds is 9. The summed E-state index contributed by atoms with van der Waals surface area (Å²) in [7, 11) is 1.92. The summed E-state index contributed by atoms with van der Waals surface area (Å²) in [5.74, 6) is 0.926. The quantitative estimate of drug-likeness (QED) is 0.685. The van der Waals surface area contributed by atoms with Crippen molar-refractivity contribution < 1.29 is 0 Å². The molecule has 0 spiro atoms. The molecule has 0 aromatic carbocycles. The molecule has 0 amide bonds. The molecule has 0 aliphatic rings. The number of anilines is 1. The zero-order valence-electron chi connectivity index (χ0n) is 13.9. The van der Waals surface area contributed by atoms with E-state index in [1.807, 2.05) is 18.7 Å². The summed E-state index contributed by atoms with van der Waals surface area (Å²) in [4.78, 5) is 2.85. The molecule has 1 heterocycles. The van der Waals surface area contributed by atoms with Crippen LogP contribution in [0.15, 0.2) is 0 Å². The standard InChI is InChI=1S/C15H29N5S/c1-6-20(7-2)10-8-9-11(3)17-15-13(14(16)21)12(4)18-19(15)5/h11,17H,6-10H2,1-5H3,(H2,16,21). The molecule has 6 heteroatoms. The van der Waals surface area contributed by atoms with Gasteiger partial charge >= 0.3 is 0 Å². The summed E-state index contributed by atoms with van der Waals surface area (Å²) >= 11 is 5.13. The molecule has 3 N–H and O–H groups in total. The Kier molecular flexibility index (Phi) is 7.11. The summed E-state index contributed by atoms with van der Waals surface area (Å²) < 4.78 is 1.82. The van der Waals surface area contributed by atoms with E-state index in [1.54, 1.807) is 0 Å². The largest absolute Gasteiger partial charge is 0.389 e. The fraction of sp³-hybridized carbons (Fsp3) is 0.733. The van der Waals surface area contributed by atoms with Crippen LogP contribution in [0.5, 0.6) is 0 Å². The topological polar surface area (TPSA) is 59.1 Å². The van der Waals surface area contributed by atoms with E-state index in [4.69, 9.17) is 18.0 Å². The first-order chi connectivity index (χ1) is 9.90. The summed E-state index contributed by atoms with van der Waals surface area (Å²) in [5, 5.41) is 7.90. The van der Waals surface area contributed by atoms with Crippen molar-refractivity contribution in [1.82, 2.24) is 14.7 Å². The Labute approximate surface area is 133 Å². The van der Waals surface area contributed by atoms with Crippen molar-refractivity contribution in [3.05, 3.63) is 11.3 Å². The number of aromatic nitrogens is 2. The Morgan fingerprint density at radius 2 is 2.05 bits per heavy atom. The molecule has 1 unspecified atom stereocenters. The van der Waals surface area contributed by atoms with Gasteiger partial charge in [0.25, 0.3) is 0 Å². The SMILES string of the molecule is CCN(CC)CCCC(C)Nc1c(C(N)=S)c(C)nn1C. The van der Waals surface area contributed by atoms with Crippen molar-refractivity contribution in [2.45, 2.75) is 46.6 Å². The van der Waals surface area contributed by atoms with Crippen LogP contribution in [0.2, 0.25) is 0 Å². The van der Waals surface area contributed by atoms with Crippen LogP contribution in [0.4, 0.5) is 5.82 Å². The minimum atomic E-state index is 0.364. The van der Waals surface area contributed by atoms with Crippen LogP contribution in [0.25, 0.3) is 0 Å². The van der Waals surface area contributed by atoms with E-state index in [9.17, 15) is 0 Å². The summed E-state index contributed by atoms with van der Waals surface area (Å²) in [6, 6.07) is 0.364. The Balaban J connectivity index is 2.59. The second kappa shape index (κ2) is 8.34. The van der Waals surface area contributed by atoms with E-state index in [0.29, 0.717) is 11.0 Å². The van der Waals surface area contributed by atoms with Gasteiger partial charge in [-0.1, -0.05) is 26.1 Å². The van der Waals surface area contributed by atoms with Gasteiger partial charge in [0.15, 0.2) is 0 Å². The highest BCUT2D eigenvalue weighted by atomic mass is 32.1. The molecule has 1 aromatic rings. The Morgan fingerprint density at radius 3 is 2.57 bits per heavy atom. The van der Waals surface area contributed by atoms with E-state index in [1.165, 1.54) is 6.42 Å². The number of nitrogens with one attached hydrogen (secondary N) is 1. The van der Waals surface area contributed by atoms with Crippen LogP contribution >= 0.6 is 12.2 Å². The summed E-state index contributed by atoms with van der Waals surface area (Å²) in [6.07, 6.45) is 2.28. The van der Waals surface area contributed by atoms with E-state index in [2.05, 4.69) is 36.1 Å². The van der Waals surface area contributed by atoms with Crippen molar-refractivity contribution >= 4 is 23.0 Å². The van der Waals surface area contributed by atoms with Gasteiger partial charge in [0.1, 0.15) is 10.8 Å². The minimum absolute atomic E-state index is 0.364. The van der Waals surface area contributed by atoms with Gasteiger partial charge in [-0.25, -0.2) is 0 Å². The second-order valence-electron chi connectivity index (χ2n) is 5.51. The van der Waals surface area contributed by atoms with Crippen molar-refractivity contribution in [3.8, 4) is 0 Å². The Morgan fingerprint density at radius 1 is 1.43 bits per heavy atom. The first kappa shape index (κ1) is 17.9. The Bertz CT molecular complexity index is 465. The Hall–Kier alpha value is -1.14. The first-order valence-corrected chi connectivity index (χ1v) is 8.13. The van der Waals surface area contributed by atoms with Gasteiger partial charge < -0.3 is 16.0 Å². The lowest BCUT2D eigenvalue weighted by Crippen LogP contribution is -2.26. The van der Waals surface area contributed by atoms with E-state index in [-0.39, 0.29) is 0 Å². The number of nitrogens with zero attached hydrogens (tertiary/aromatic N) is 3. The lowest BCUT2D eigenvalue weighted by atomic mass is 10.1. The molecule has 120 valence electrons. The van der Waals surface area contributed by atoms with Crippen molar-refractivity contribution in [3.63, 3.8) is 0 Å². The molecule has 0 saturated carbocycles. The molecular weight excluding hydrogens is 282 g/mol. The highest BCUT2D eigenvalue weighted by molar-refractivity contribution is 7.80. The molecule has 21 heavy (non-hydrogen) atoms. The fourth-order valence-electron chi connectivity index (χ4n) is 2.59. The van der Waals surface area contributed by atoms with Crippen LogP contribution in [-0.4, -0.2) is 45.3 Å². The number of aryl methyl sites for hydroxylation is 2. The summed E-state index contributed by atoms with van der Waals surface area (Å²) in [5.41, 5.74) is 7.55. The lowest BCUT2D eigenvalue weighted by Gasteiger charge is -2.20. The summed E-state index contributed by atoms with van der Waals surface area (Å²) in [6.45, 7) is 11.9. The predicted octanol–water partition coefficient (Wildman–Crippen LogP) is 2.29. The molecule has 1 atom stereocenters. The number of nitrogens with two attached hydrogens (primary N) is 1. The van der Waals surface area contributed by atoms with Crippen molar-refractivity contribution in [2.24, 2.45) is 12.8 Å². The molecule has 0 aliphatic heterocycles. The van der Waals surface area contributed by atoms with Crippen LogP contribution in [0, 0.1) is 6.92 Å².